The molecule has 2 rings (SSSR count). The highest BCUT2D eigenvalue weighted by molar-refractivity contribution is 5.36. The number of aromatic nitrogens is 2. The van der Waals surface area contributed by atoms with E-state index < -0.39 is 11.7 Å². The van der Waals surface area contributed by atoms with Gasteiger partial charge in [0.25, 0.3) is 0 Å². The number of nitrogens with one attached hydrogen (secondary N) is 1. The third kappa shape index (κ3) is 3.67. The number of rotatable bonds is 3. The van der Waals surface area contributed by atoms with Crippen LogP contribution in [0.5, 0.6) is 0 Å². The molecule has 0 bridgehead atoms. The molecule has 6 heteroatoms. The zero-order valence-corrected chi connectivity index (χ0v) is 10.2. The first-order valence-corrected chi connectivity index (χ1v) is 5.65. The van der Waals surface area contributed by atoms with Crippen molar-refractivity contribution in [1.29, 1.82) is 0 Å². The van der Waals surface area contributed by atoms with Crippen molar-refractivity contribution >= 4 is 5.82 Å². The van der Waals surface area contributed by atoms with Crippen LogP contribution in [0.4, 0.5) is 19.0 Å². The lowest BCUT2D eigenvalue weighted by Crippen LogP contribution is -2.07. The fourth-order valence-electron chi connectivity index (χ4n) is 1.55. The SMILES string of the molecule is Cc1cccc(CNc2ccc(C(F)(F)F)cn2)n1. The molecule has 100 valence electrons. The van der Waals surface area contributed by atoms with E-state index in [-0.39, 0.29) is 0 Å². The first-order chi connectivity index (χ1) is 8.95. The first kappa shape index (κ1) is 13.3. The van der Waals surface area contributed by atoms with Gasteiger partial charge in [-0.25, -0.2) is 4.98 Å². The van der Waals surface area contributed by atoms with Gasteiger partial charge in [0.2, 0.25) is 0 Å². The molecule has 0 aliphatic rings. The maximum atomic E-state index is 12.3. The first-order valence-electron chi connectivity index (χ1n) is 5.65. The standard InChI is InChI=1S/C13H12F3N3/c1-9-3-2-4-11(19-9)8-18-12-6-5-10(7-17-12)13(14,15)16/h2-7H,8H2,1H3,(H,17,18). The average Bonchev–Trinajstić information content (AvgIpc) is 2.36. The Labute approximate surface area is 108 Å². The topological polar surface area (TPSA) is 37.8 Å². The Kier molecular flexibility index (Phi) is 3.69. The van der Waals surface area contributed by atoms with Gasteiger partial charge >= 0.3 is 6.18 Å². The Morgan fingerprint density at radius 1 is 1.16 bits per heavy atom. The lowest BCUT2D eigenvalue weighted by Gasteiger charge is -2.08. The van der Waals surface area contributed by atoms with Gasteiger partial charge in [0.05, 0.1) is 17.8 Å². The highest BCUT2D eigenvalue weighted by atomic mass is 19.4. The highest BCUT2D eigenvalue weighted by Crippen LogP contribution is 2.28. The molecule has 0 unspecified atom stereocenters. The molecule has 0 radical (unpaired) electrons. The van der Waals surface area contributed by atoms with Gasteiger partial charge in [0, 0.05) is 11.9 Å². The monoisotopic (exact) mass is 267 g/mol. The summed E-state index contributed by atoms with van der Waals surface area (Å²) in [4.78, 5) is 8.00. The van der Waals surface area contributed by atoms with E-state index in [9.17, 15) is 13.2 Å². The van der Waals surface area contributed by atoms with Crippen LogP contribution >= 0.6 is 0 Å². The summed E-state index contributed by atoms with van der Waals surface area (Å²) in [5.41, 5.74) is 0.938. The zero-order chi connectivity index (χ0) is 13.9. The van der Waals surface area contributed by atoms with Gasteiger partial charge in [-0.15, -0.1) is 0 Å². The Morgan fingerprint density at radius 2 is 1.95 bits per heavy atom. The molecule has 1 N–H and O–H groups in total. The van der Waals surface area contributed by atoms with E-state index in [1.54, 1.807) is 0 Å². The smallest absolute Gasteiger partial charge is 0.364 e. The van der Waals surface area contributed by atoms with Gasteiger partial charge in [-0.3, -0.25) is 4.98 Å². The van der Waals surface area contributed by atoms with Crippen molar-refractivity contribution in [2.24, 2.45) is 0 Å². The van der Waals surface area contributed by atoms with Crippen LogP contribution in [0.15, 0.2) is 36.5 Å². The minimum Gasteiger partial charge on any atom is -0.364 e. The summed E-state index contributed by atoms with van der Waals surface area (Å²) in [5, 5.41) is 2.93. The number of nitrogens with zero attached hydrogens (tertiary/aromatic N) is 2. The molecule has 0 saturated heterocycles. The second-order valence-electron chi connectivity index (χ2n) is 4.05. The molecular weight excluding hydrogens is 255 g/mol. The molecule has 0 atom stereocenters. The summed E-state index contributed by atoms with van der Waals surface area (Å²) in [6.45, 7) is 2.29. The summed E-state index contributed by atoms with van der Waals surface area (Å²) >= 11 is 0. The maximum absolute atomic E-state index is 12.3. The number of anilines is 1. The molecule has 0 aliphatic carbocycles. The quantitative estimate of drug-likeness (QED) is 0.926. The van der Waals surface area contributed by atoms with Crippen molar-refractivity contribution in [2.75, 3.05) is 5.32 Å². The molecule has 0 fully saturated rings. The summed E-state index contributed by atoms with van der Waals surface area (Å²) in [7, 11) is 0. The van der Waals surface area contributed by atoms with Crippen LogP contribution in [0.25, 0.3) is 0 Å². The molecule has 3 nitrogen and oxygen atoms in total. The van der Waals surface area contributed by atoms with E-state index in [4.69, 9.17) is 0 Å². The largest absolute Gasteiger partial charge is 0.417 e. The number of pyridine rings is 2. The minimum atomic E-state index is -4.36. The lowest BCUT2D eigenvalue weighted by molar-refractivity contribution is -0.137. The van der Waals surface area contributed by atoms with E-state index in [1.165, 1.54) is 6.07 Å². The van der Waals surface area contributed by atoms with Gasteiger partial charge in [-0.1, -0.05) is 6.07 Å². The second-order valence-corrected chi connectivity index (χ2v) is 4.05. The van der Waals surface area contributed by atoms with Crippen LogP contribution in [0.2, 0.25) is 0 Å². The Morgan fingerprint density at radius 3 is 2.53 bits per heavy atom. The number of hydrogen-bond donors (Lipinski definition) is 1. The van der Waals surface area contributed by atoms with E-state index in [2.05, 4.69) is 15.3 Å². The maximum Gasteiger partial charge on any atom is 0.417 e. The molecule has 0 aliphatic heterocycles. The van der Waals surface area contributed by atoms with Crippen molar-refractivity contribution < 1.29 is 13.2 Å². The van der Waals surface area contributed by atoms with Crippen LogP contribution < -0.4 is 5.32 Å². The van der Waals surface area contributed by atoms with Gasteiger partial charge in [0.1, 0.15) is 5.82 Å². The van der Waals surface area contributed by atoms with Crippen molar-refractivity contribution in [3.63, 3.8) is 0 Å². The molecular formula is C13H12F3N3. The van der Waals surface area contributed by atoms with E-state index in [1.807, 2.05) is 25.1 Å². The van der Waals surface area contributed by atoms with Crippen LogP contribution in [-0.4, -0.2) is 9.97 Å². The molecule has 0 saturated carbocycles. The minimum absolute atomic E-state index is 0.385. The van der Waals surface area contributed by atoms with Crippen molar-refractivity contribution in [1.82, 2.24) is 9.97 Å². The van der Waals surface area contributed by atoms with E-state index in [0.717, 1.165) is 23.7 Å². The van der Waals surface area contributed by atoms with Crippen LogP contribution in [-0.2, 0) is 12.7 Å². The summed E-state index contributed by atoms with van der Waals surface area (Å²) in [6.07, 6.45) is -3.55. The third-order valence-corrected chi connectivity index (χ3v) is 2.49. The van der Waals surface area contributed by atoms with Gasteiger partial charge in [-0.05, 0) is 31.2 Å². The molecule has 2 aromatic rings. The summed E-state index contributed by atoms with van der Waals surface area (Å²) in [6, 6.07) is 7.89. The lowest BCUT2D eigenvalue weighted by atomic mass is 10.2. The average molecular weight is 267 g/mol. The van der Waals surface area contributed by atoms with Crippen molar-refractivity contribution in [2.45, 2.75) is 19.6 Å². The number of halogens is 3. The van der Waals surface area contributed by atoms with Crippen LogP contribution in [0, 0.1) is 6.92 Å². The van der Waals surface area contributed by atoms with E-state index in [0.29, 0.717) is 12.4 Å². The van der Waals surface area contributed by atoms with Gasteiger partial charge in [0.15, 0.2) is 0 Å². The van der Waals surface area contributed by atoms with Crippen molar-refractivity contribution in [3.8, 4) is 0 Å². The third-order valence-electron chi connectivity index (χ3n) is 2.49. The summed E-state index contributed by atoms with van der Waals surface area (Å²) < 4.78 is 37.0. The van der Waals surface area contributed by atoms with Gasteiger partial charge in [-0.2, -0.15) is 13.2 Å². The molecule has 19 heavy (non-hydrogen) atoms. The Bertz CT molecular complexity index is 550. The van der Waals surface area contributed by atoms with Crippen LogP contribution in [0.1, 0.15) is 17.0 Å². The molecule has 0 amide bonds. The predicted octanol–water partition coefficient (Wildman–Crippen LogP) is 3.42. The summed E-state index contributed by atoms with van der Waals surface area (Å²) in [5.74, 6) is 0.385. The number of aryl methyl sites for hydroxylation is 1. The molecule has 2 aromatic heterocycles. The highest BCUT2D eigenvalue weighted by Gasteiger charge is 2.30. The Hall–Kier alpha value is -2.11. The zero-order valence-electron chi connectivity index (χ0n) is 10.2. The van der Waals surface area contributed by atoms with Gasteiger partial charge < -0.3 is 5.32 Å². The predicted molar refractivity (Wildman–Crippen MR) is 65.5 cm³/mol. The van der Waals surface area contributed by atoms with E-state index >= 15 is 0 Å². The molecule has 2 heterocycles. The Balaban J connectivity index is 2.01. The number of alkyl halides is 3. The normalized spacial score (nSPS) is 11.4. The van der Waals surface area contributed by atoms with Crippen LogP contribution in [0.3, 0.4) is 0 Å². The molecule has 0 spiro atoms. The fraction of sp³-hybridized carbons (Fsp3) is 0.231. The molecule has 0 aromatic carbocycles. The van der Waals surface area contributed by atoms with Crippen molar-refractivity contribution in [3.05, 3.63) is 53.5 Å². The number of hydrogen-bond acceptors (Lipinski definition) is 3. The fourth-order valence-corrected chi connectivity index (χ4v) is 1.55. The second kappa shape index (κ2) is 5.26.